The Kier molecular flexibility index (Phi) is 21.3. The van der Waals surface area contributed by atoms with Crippen molar-refractivity contribution in [3.05, 3.63) is 22.3 Å². The number of rotatable bonds is 27. The number of hydrogen-bond donors (Lipinski definition) is 1. The lowest BCUT2D eigenvalue weighted by Crippen LogP contribution is -2.37. The first-order valence-electron chi connectivity index (χ1n) is 20.2. The molecule has 0 amide bonds. The van der Waals surface area contributed by atoms with Crippen molar-refractivity contribution in [3.63, 3.8) is 0 Å². The second-order valence-electron chi connectivity index (χ2n) is 16.1. The van der Waals surface area contributed by atoms with Gasteiger partial charge in [-0.1, -0.05) is 98.3 Å². The summed E-state index contributed by atoms with van der Waals surface area (Å²) in [5.74, 6) is 3.79. The van der Waals surface area contributed by atoms with Crippen LogP contribution < -0.4 is 9.47 Å². The van der Waals surface area contributed by atoms with Crippen LogP contribution in [0.4, 0.5) is 0 Å². The van der Waals surface area contributed by atoms with E-state index in [0.29, 0.717) is 25.2 Å². The standard InChI is InChI=1S/C43H74O7/c1-32(2)18-15-19-33(3)20-16-21-34(4)22-17-26-43(8)27-25-38-37(7)41(35(5)36(6)42(38)50-43)49-40(46)24-14-12-10-9-11-13-23-39(45)48-31-30-47-29-28-44/h32-34,44H,9-31H2,1-8H3. The van der Waals surface area contributed by atoms with E-state index >= 15 is 0 Å². The third kappa shape index (κ3) is 16.9. The Bertz CT molecular complexity index is 1130. The first-order valence-corrected chi connectivity index (χ1v) is 20.2. The Morgan fingerprint density at radius 2 is 1.30 bits per heavy atom. The molecule has 1 aromatic carbocycles. The molecule has 288 valence electrons. The van der Waals surface area contributed by atoms with Gasteiger partial charge in [0.05, 0.1) is 19.8 Å². The van der Waals surface area contributed by atoms with Crippen LogP contribution in [-0.2, 0) is 25.5 Å². The molecule has 0 spiro atoms. The van der Waals surface area contributed by atoms with Crippen molar-refractivity contribution >= 4 is 11.9 Å². The highest BCUT2D eigenvalue weighted by Gasteiger charge is 2.34. The van der Waals surface area contributed by atoms with Gasteiger partial charge in [0.1, 0.15) is 23.7 Å². The number of carbonyl (C=O) groups excluding carboxylic acids is 2. The van der Waals surface area contributed by atoms with E-state index in [4.69, 9.17) is 24.1 Å². The molecular weight excluding hydrogens is 628 g/mol. The molecule has 0 aromatic heterocycles. The molecule has 0 bridgehead atoms. The van der Waals surface area contributed by atoms with Crippen molar-refractivity contribution in [2.75, 3.05) is 26.4 Å². The zero-order valence-electron chi connectivity index (χ0n) is 33.4. The van der Waals surface area contributed by atoms with E-state index in [2.05, 4.69) is 48.5 Å². The van der Waals surface area contributed by atoms with Gasteiger partial charge in [-0.25, -0.2) is 0 Å². The van der Waals surface area contributed by atoms with E-state index in [9.17, 15) is 9.59 Å². The molecule has 0 fully saturated rings. The van der Waals surface area contributed by atoms with Crippen LogP contribution in [0.2, 0.25) is 0 Å². The molecule has 7 heteroatoms. The molecule has 1 N–H and O–H groups in total. The summed E-state index contributed by atoms with van der Waals surface area (Å²) in [5, 5.41) is 8.67. The van der Waals surface area contributed by atoms with Crippen LogP contribution >= 0.6 is 0 Å². The molecule has 1 aliphatic rings. The van der Waals surface area contributed by atoms with Gasteiger partial charge < -0.3 is 24.1 Å². The Labute approximate surface area is 305 Å². The number of unbranched alkanes of at least 4 members (excludes halogenated alkanes) is 5. The average Bonchev–Trinajstić information content (AvgIpc) is 3.06. The summed E-state index contributed by atoms with van der Waals surface area (Å²) in [6.07, 6.45) is 20.0. The Morgan fingerprint density at radius 3 is 1.92 bits per heavy atom. The maximum atomic E-state index is 12.9. The topological polar surface area (TPSA) is 91.3 Å². The van der Waals surface area contributed by atoms with Gasteiger partial charge in [-0.15, -0.1) is 0 Å². The van der Waals surface area contributed by atoms with E-state index in [-0.39, 0.29) is 37.4 Å². The van der Waals surface area contributed by atoms with Crippen molar-refractivity contribution in [2.45, 2.75) is 183 Å². The fraction of sp³-hybridized carbons (Fsp3) is 0.814. The molecule has 1 heterocycles. The van der Waals surface area contributed by atoms with Crippen LogP contribution in [0.25, 0.3) is 0 Å². The summed E-state index contributed by atoms with van der Waals surface area (Å²) in [4.78, 5) is 24.6. The minimum Gasteiger partial charge on any atom is -0.487 e. The fourth-order valence-electron chi connectivity index (χ4n) is 7.28. The number of ether oxygens (including phenoxy) is 4. The second-order valence-corrected chi connectivity index (χ2v) is 16.1. The molecule has 0 radical (unpaired) electrons. The third-order valence-electron chi connectivity index (χ3n) is 10.8. The minimum absolute atomic E-state index is 0.0309. The number of hydrogen-bond acceptors (Lipinski definition) is 7. The highest BCUT2D eigenvalue weighted by molar-refractivity contribution is 5.74. The maximum Gasteiger partial charge on any atom is 0.311 e. The normalized spacial score (nSPS) is 16.9. The minimum atomic E-state index is -0.206. The number of aliphatic hydroxyl groups is 1. The molecular formula is C43H74O7. The fourth-order valence-corrected chi connectivity index (χ4v) is 7.28. The van der Waals surface area contributed by atoms with Gasteiger partial charge >= 0.3 is 11.9 Å². The van der Waals surface area contributed by atoms with E-state index in [1.165, 1.54) is 56.9 Å². The molecule has 0 saturated carbocycles. The summed E-state index contributed by atoms with van der Waals surface area (Å²) < 4.78 is 23.0. The van der Waals surface area contributed by atoms with E-state index in [0.717, 1.165) is 98.0 Å². The molecule has 7 nitrogen and oxygen atoms in total. The lowest BCUT2D eigenvalue weighted by molar-refractivity contribution is -0.145. The van der Waals surface area contributed by atoms with Gasteiger partial charge in [0.25, 0.3) is 0 Å². The smallest absolute Gasteiger partial charge is 0.311 e. The van der Waals surface area contributed by atoms with Crippen molar-refractivity contribution in [1.29, 1.82) is 0 Å². The quantitative estimate of drug-likeness (QED) is 0.0554. The molecule has 1 aliphatic heterocycles. The van der Waals surface area contributed by atoms with Crippen LogP contribution in [0.1, 0.15) is 172 Å². The van der Waals surface area contributed by atoms with E-state index in [1.807, 2.05) is 6.92 Å². The summed E-state index contributed by atoms with van der Waals surface area (Å²) >= 11 is 0. The number of carbonyl (C=O) groups is 2. The lowest BCUT2D eigenvalue weighted by atomic mass is 9.83. The molecule has 50 heavy (non-hydrogen) atoms. The highest BCUT2D eigenvalue weighted by atomic mass is 16.6. The molecule has 0 aliphatic carbocycles. The van der Waals surface area contributed by atoms with Crippen molar-refractivity contribution in [1.82, 2.24) is 0 Å². The summed E-state index contributed by atoms with van der Waals surface area (Å²) in [5.41, 5.74) is 4.18. The third-order valence-corrected chi connectivity index (χ3v) is 10.8. The number of fused-ring (bicyclic) bond motifs is 1. The predicted octanol–water partition coefficient (Wildman–Crippen LogP) is 10.7. The maximum absolute atomic E-state index is 12.9. The molecule has 2 rings (SSSR count). The monoisotopic (exact) mass is 703 g/mol. The Hall–Kier alpha value is -2.12. The Balaban J connectivity index is 1.70. The first kappa shape index (κ1) is 44.0. The van der Waals surface area contributed by atoms with Crippen LogP contribution in [0, 0.1) is 38.5 Å². The molecule has 3 unspecified atom stereocenters. The zero-order valence-corrected chi connectivity index (χ0v) is 33.4. The summed E-state index contributed by atoms with van der Waals surface area (Å²) in [6.45, 7) is 18.8. The number of aliphatic hydroxyl groups excluding tert-OH is 1. The average molecular weight is 703 g/mol. The van der Waals surface area contributed by atoms with Crippen LogP contribution in [0.3, 0.4) is 0 Å². The summed E-state index contributed by atoms with van der Waals surface area (Å²) in [6, 6.07) is 0. The highest BCUT2D eigenvalue weighted by Crippen LogP contribution is 2.45. The van der Waals surface area contributed by atoms with Crippen molar-refractivity contribution in [2.24, 2.45) is 17.8 Å². The number of esters is 2. The molecule has 3 atom stereocenters. The van der Waals surface area contributed by atoms with Crippen molar-refractivity contribution in [3.8, 4) is 11.5 Å². The van der Waals surface area contributed by atoms with Gasteiger partial charge in [-0.3, -0.25) is 9.59 Å². The largest absolute Gasteiger partial charge is 0.487 e. The van der Waals surface area contributed by atoms with Gasteiger partial charge in [0.2, 0.25) is 0 Å². The molecule has 0 saturated heterocycles. The van der Waals surface area contributed by atoms with Crippen LogP contribution in [-0.4, -0.2) is 49.1 Å². The summed E-state index contributed by atoms with van der Waals surface area (Å²) in [7, 11) is 0. The predicted molar refractivity (Wildman–Crippen MR) is 204 cm³/mol. The first-order chi connectivity index (χ1) is 23.9. The zero-order chi connectivity index (χ0) is 36.9. The second kappa shape index (κ2) is 24.2. The van der Waals surface area contributed by atoms with Crippen molar-refractivity contribution < 1.29 is 33.6 Å². The van der Waals surface area contributed by atoms with E-state index in [1.54, 1.807) is 0 Å². The lowest BCUT2D eigenvalue weighted by Gasteiger charge is -2.38. The Morgan fingerprint density at radius 1 is 0.720 bits per heavy atom. The van der Waals surface area contributed by atoms with Gasteiger partial charge in [0.15, 0.2) is 0 Å². The molecule has 1 aromatic rings. The van der Waals surface area contributed by atoms with Gasteiger partial charge in [0, 0.05) is 18.4 Å². The number of benzene rings is 1. The van der Waals surface area contributed by atoms with E-state index < -0.39 is 0 Å². The van der Waals surface area contributed by atoms with Crippen LogP contribution in [0.15, 0.2) is 0 Å². The van der Waals surface area contributed by atoms with Crippen LogP contribution in [0.5, 0.6) is 11.5 Å². The van der Waals surface area contributed by atoms with Gasteiger partial charge in [-0.2, -0.15) is 0 Å². The van der Waals surface area contributed by atoms with Gasteiger partial charge in [-0.05, 0) is 101 Å². The SMILES string of the molecule is Cc1c(C)c2c(c(C)c1OC(=O)CCCCCCCCC(=O)OCCOCCO)CCC(C)(CCCC(C)CCCC(C)CCCC(C)C)O2.